The Balaban J connectivity index is 1.36. The van der Waals surface area contributed by atoms with E-state index in [1.807, 2.05) is 30.4 Å². The fourth-order valence-corrected chi connectivity index (χ4v) is 6.31. The molecule has 3 aliphatic heterocycles. The van der Waals surface area contributed by atoms with Crippen molar-refractivity contribution in [1.82, 2.24) is 4.90 Å². The Bertz CT molecular complexity index is 942. The summed E-state index contributed by atoms with van der Waals surface area (Å²) in [5.41, 5.74) is 0.599. The standard InChI is InChI=1S/C26H32N2O4/c1-15(2)19-11-9-16(3)13-21(19)32-26(31)27-14-17-10-12-20(27)23-22(17)24(29)28(25(23)30)18-7-5-4-6-8-18/h4-8,10,12,15-17,19-23H,9,11,13-14H2,1-3H3/t16-,17+,19+,20+,21-,22+,23-/m1/s1. The minimum absolute atomic E-state index is 0.0896. The predicted octanol–water partition coefficient (Wildman–Crippen LogP) is 4.26. The molecule has 1 aromatic rings. The van der Waals surface area contributed by atoms with Crippen LogP contribution in [0.25, 0.3) is 0 Å². The van der Waals surface area contributed by atoms with Gasteiger partial charge < -0.3 is 9.64 Å². The zero-order valence-corrected chi connectivity index (χ0v) is 19.0. The van der Waals surface area contributed by atoms with Gasteiger partial charge in [0.2, 0.25) is 11.8 Å². The fraction of sp³-hybridized carbons (Fsp3) is 0.577. The fourth-order valence-electron chi connectivity index (χ4n) is 6.31. The van der Waals surface area contributed by atoms with Crippen molar-refractivity contribution in [2.24, 2.45) is 35.5 Å². The number of hydrogen-bond acceptors (Lipinski definition) is 4. The second-order valence-electron chi connectivity index (χ2n) is 10.3. The summed E-state index contributed by atoms with van der Waals surface area (Å²) in [5.74, 6) is -0.106. The number of amides is 3. The maximum Gasteiger partial charge on any atom is 0.410 e. The zero-order valence-electron chi connectivity index (χ0n) is 19.0. The maximum atomic E-state index is 13.4. The number of hydrogen-bond donors (Lipinski definition) is 0. The summed E-state index contributed by atoms with van der Waals surface area (Å²) in [7, 11) is 0. The number of carbonyl (C=O) groups is 3. The van der Waals surface area contributed by atoms with E-state index in [2.05, 4.69) is 20.8 Å². The van der Waals surface area contributed by atoms with Crippen LogP contribution < -0.4 is 4.90 Å². The van der Waals surface area contributed by atoms with Crippen molar-refractivity contribution in [3.8, 4) is 0 Å². The van der Waals surface area contributed by atoms with Crippen LogP contribution in [0.15, 0.2) is 42.5 Å². The maximum absolute atomic E-state index is 13.4. The summed E-state index contributed by atoms with van der Waals surface area (Å²) in [6.45, 7) is 7.03. The van der Waals surface area contributed by atoms with E-state index < -0.39 is 17.9 Å². The third-order valence-corrected chi connectivity index (χ3v) is 8.01. The largest absolute Gasteiger partial charge is 0.446 e. The number of fused-ring (bicyclic) bond motifs is 1. The number of benzene rings is 1. The molecule has 0 radical (unpaired) electrons. The van der Waals surface area contributed by atoms with Gasteiger partial charge in [0.1, 0.15) is 6.10 Å². The average Bonchev–Trinajstić information content (AvgIpc) is 3.06. The lowest BCUT2D eigenvalue weighted by molar-refractivity contribution is -0.126. The van der Waals surface area contributed by atoms with E-state index in [1.54, 1.807) is 17.0 Å². The van der Waals surface area contributed by atoms with Gasteiger partial charge in [0.25, 0.3) is 0 Å². The number of para-hydroxylation sites is 1. The molecule has 3 amide bonds. The molecule has 5 aliphatic rings. The highest BCUT2D eigenvalue weighted by Gasteiger charge is 2.60. The molecule has 170 valence electrons. The summed E-state index contributed by atoms with van der Waals surface area (Å²) < 4.78 is 6.09. The van der Waals surface area contributed by atoms with Gasteiger partial charge in [0.05, 0.1) is 23.6 Å². The molecular weight excluding hydrogens is 404 g/mol. The van der Waals surface area contributed by atoms with Gasteiger partial charge in [0.15, 0.2) is 0 Å². The Hall–Kier alpha value is -2.63. The minimum atomic E-state index is -0.537. The van der Waals surface area contributed by atoms with Gasteiger partial charge in [-0.05, 0) is 42.7 Å². The van der Waals surface area contributed by atoms with Crippen molar-refractivity contribution in [3.05, 3.63) is 42.5 Å². The van der Waals surface area contributed by atoms with Crippen molar-refractivity contribution in [2.45, 2.75) is 52.2 Å². The summed E-state index contributed by atoms with van der Waals surface area (Å²) in [6.07, 6.45) is 6.64. The second-order valence-corrected chi connectivity index (χ2v) is 10.3. The lowest BCUT2D eigenvalue weighted by atomic mass is 9.70. The van der Waals surface area contributed by atoms with E-state index in [0.29, 0.717) is 30.0 Å². The van der Waals surface area contributed by atoms with Crippen LogP contribution in [0.3, 0.4) is 0 Å². The number of imide groups is 1. The normalized spacial score (nSPS) is 36.1. The quantitative estimate of drug-likeness (QED) is 0.525. The molecule has 0 unspecified atom stereocenters. The van der Waals surface area contributed by atoms with Crippen molar-refractivity contribution < 1.29 is 19.1 Å². The van der Waals surface area contributed by atoms with Gasteiger partial charge in [0, 0.05) is 12.5 Å². The predicted molar refractivity (Wildman–Crippen MR) is 121 cm³/mol. The molecule has 32 heavy (non-hydrogen) atoms. The highest BCUT2D eigenvalue weighted by atomic mass is 16.6. The van der Waals surface area contributed by atoms with Crippen LogP contribution in [0, 0.1) is 35.5 Å². The molecule has 0 spiro atoms. The topological polar surface area (TPSA) is 66.9 Å². The van der Waals surface area contributed by atoms with Crippen molar-refractivity contribution in [1.29, 1.82) is 0 Å². The lowest BCUT2D eigenvalue weighted by Gasteiger charge is -2.46. The number of anilines is 1. The van der Waals surface area contributed by atoms with Crippen LogP contribution in [0.1, 0.15) is 40.0 Å². The smallest absolute Gasteiger partial charge is 0.410 e. The SMILES string of the molecule is CC(C)[C@@H]1CC[C@@H](C)C[C@H]1OC(=O)N1C[C@@H]2C=C[C@H]1[C@H]1C(=O)N(c3ccccc3)C(=O)[C@H]12. The molecule has 2 saturated heterocycles. The van der Waals surface area contributed by atoms with Crippen LogP contribution in [0.2, 0.25) is 0 Å². The molecule has 2 bridgehead atoms. The number of ether oxygens (including phenoxy) is 1. The van der Waals surface area contributed by atoms with Crippen LogP contribution in [0.5, 0.6) is 0 Å². The van der Waals surface area contributed by atoms with Crippen LogP contribution in [-0.4, -0.2) is 41.5 Å². The molecule has 3 fully saturated rings. The third-order valence-electron chi connectivity index (χ3n) is 8.01. The van der Waals surface area contributed by atoms with Gasteiger partial charge in [-0.25, -0.2) is 9.69 Å². The number of rotatable bonds is 3. The monoisotopic (exact) mass is 436 g/mol. The van der Waals surface area contributed by atoms with Crippen LogP contribution >= 0.6 is 0 Å². The first kappa shape index (κ1) is 21.2. The van der Waals surface area contributed by atoms with Gasteiger partial charge >= 0.3 is 6.09 Å². The second kappa shape index (κ2) is 8.05. The minimum Gasteiger partial charge on any atom is -0.446 e. The number of carbonyl (C=O) groups excluding carboxylic acids is 3. The summed E-state index contributed by atoms with van der Waals surface area (Å²) >= 11 is 0. The van der Waals surface area contributed by atoms with E-state index in [0.717, 1.165) is 12.8 Å². The van der Waals surface area contributed by atoms with Crippen LogP contribution in [-0.2, 0) is 14.3 Å². The molecule has 0 aromatic heterocycles. The molecule has 2 aliphatic carbocycles. The van der Waals surface area contributed by atoms with Crippen LogP contribution in [0.4, 0.5) is 10.5 Å². The highest BCUT2D eigenvalue weighted by molar-refractivity contribution is 6.22. The van der Waals surface area contributed by atoms with Gasteiger partial charge in [-0.1, -0.05) is 57.5 Å². The first-order valence-electron chi connectivity index (χ1n) is 11.9. The average molecular weight is 437 g/mol. The van der Waals surface area contributed by atoms with Crippen molar-refractivity contribution in [2.75, 3.05) is 11.4 Å². The molecular formula is C26H32N2O4. The summed E-state index contributed by atoms with van der Waals surface area (Å²) in [4.78, 5) is 42.9. The number of piperidine rings is 1. The summed E-state index contributed by atoms with van der Waals surface area (Å²) in [5, 5.41) is 0. The molecule has 1 saturated carbocycles. The Kier molecular flexibility index (Phi) is 5.34. The molecule has 6 nitrogen and oxygen atoms in total. The van der Waals surface area contributed by atoms with E-state index >= 15 is 0 Å². The Morgan fingerprint density at radius 1 is 1.03 bits per heavy atom. The molecule has 6 rings (SSSR count). The molecule has 3 heterocycles. The first-order valence-corrected chi connectivity index (χ1v) is 11.9. The first-order chi connectivity index (χ1) is 15.4. The van der Waals surface area contributed by atoms with Gasteiger partial charge in [-0.3, -0.25) is 9.59 Å². The molecule has 6 heteroatoms. The van der Waals surface area contributed by atoms with E-state index in [9.17, 15) is 14.4 Å². The third kappa shape index (κ3) is 3.35. The Morgan fingerprint density at radius 3 is 2.47 bits per heavy atom. The van der Waals surface area contributed by atoms with E-state index in [4.69, 9.17) is 4.74 Å². The highest BCUT2D eigenvalue weighted by Crippen LogP contribution is 2.47. The Morgan fingerprint density at radius 2 is 1.75 bits per heavy atom. The van der Waals surface area contributed by atoms with Gasteiger partial charge in [-0.15, -0.1) is 0 Å². The van der Waals surface area contributed by atoms with E-state index in [-0.39, 0.29) is 29.9 Å². The van der Waals surface area contributed by atoms with Gasteiger partial charge in [-0.2, -0.15) is 0 Å². The lowest BCUT2D eigenvalue weighted by Crippen LogP contribution is -2.58. The zero-order chi connectivity index (χ0) is 22.6. The van der Waals surface area contributed by atoms with E-state index in [1.165, 1.54) is 11.3 Å². The van der Waals surface area contributed by atoms with Crippen molar-refractivity contribution >= 4 is 23.6 Å². The summed E-state index contributed by atoms with van der Waals surface area (Å²) in [6, 6.07) is 8.65. The number of nitrogens with zero attached hydrogens (tertiary/aromatic N) is 2. The molecule has 0 N–H and O–H groups in total. The molecule has 7 atom stereocenters. The Labute approximate surface area is 189 Å². The van der Waals surface area contributed by atoms with Crippen molar-refractivity contribution in [3.63, 3.8) is 0 Å². The molecule has 1 aromatic carbocycles.